The van der Waals surface area contributed by atoms with Gasteiger partial charge in [0.2, 0.25) is 11.8 Å². The van der Waals surface area contributed by atoms with Gasteiger partial charge in [0.15, 0.2) is 0 Å². The summed E-state index contributed by atoms with van der Waals surface area (Å²) in [6, 6.07) is 0. The van der Waals surface area contributed by atoms with Crippen LogP contribution in [0, 0.1) is 0 Å². The lowest BCUT2D eigenvalue weighted by Crippen LogP contribution is -2.60. The minimum Gasteiger partial charge on any atom is -0.461 e. The van der Waals surface area contributed by atoms with Crippen molar-refractivity contribution in [3.05, 3.63) is 0 Å². The van der Waals surface area contributed by atoms with Gasteiger partial charge in [-0.05, 0) is 124 Å². The minimum atomic E-state index is -0.546. The number of esters is 4. The molecule has 4 rings (SSSR count). The van der Waals surface area contributed by atoms with Crippen LogP contribution in [0.5, 0.6) is 0 Å². The van der Waals surface area contributed by atoms with E-state index in [0.29, 0.717) is 64.2 Å². The van der Waals surface area contributed by atoms with Gasteiger partial charge < -0.3 is 50.0 Å². The van der Waals surface area contributed by atoms with E-state index in [0.717, 1.165) is 25.7 Å². The number of ether oxygens (including phenoxy) is 4. The summed E-state index contributed by atoms with van der Waals surface area (Å²) >= 11 is 0. The lowest BCUT2D eigenvalue weighted by Gasteiger charge is -2.46. The smallest absolute Gasteiger partial charge is 0.325 e. The number of rotatable bonds is 21. The maximum atomic E-state index is 13.8. The van der Waals surface area contributed by atoms with Crippen LogP contribution >= 0.6 is 0 Å². The fourth-order valence-corrected chi connectivity index (χ4v) is 12.8. The molecule has 16 heteroatoms. The number of nitrogens with one attached hydrogen (secondary N) is 4. The molecule has 0 aliphatic carbocycles. The van der Waals surface area contributed by atoms with Crippen LogP contribution in [-0.4, -0.2) is 140 Å². The largest absolute Gasteiger partial charge is 0.461 e. The molecule has 4 heterocycles. The van der Waals surface area contributed by atoms with Crippen molar-refractivity contribution >= 4 is 35.7 Å². The number of carbonyl (C=O) groups excluding carboxylic acids is 6. The Morgan fingerprint density at radius 3 is 0.686 bits per heavy atom. The first-order chi connectivity index (χ1) is 31.9. The molecular formula is C54H96N6O10. The van der Waals surface area contributed by atoms with Crippen LogP contribution in [0.2, 0.25) is 0 Å². The van der Waals surface area contributed by atoms with Crippen LogP contribution in [0.15, 0.2) is 0 Å². The topological polar surface area (TPSA) is 194 Å². The minimum absolute atomic E-state index is 0.153. The summed E-state index contributed by atoms with van der Waals surface area (Å²) in [5, 5.41) is 14.4. The third-order valence-corrected chi connectivity index (χ3v) is 13.8. The number of carbonyl (C=O) groups is 6. The van der Waals surface area contributed by atoms with Gasteiger partial charge in [-0.15, -0.1) is 0 Å². The van der Waals surface area contributed by atoms with Crippen molar-refractivity contribution in [1.29, 1.82) is 0 Å². The highest BCUT2D eigenvalue weighted by Gasteiger charge is 2.43. The van der Waals surface area contributed by atoms with Crippen LogP contribution in [0.4, 0.5) is 0 Å². The number of hydrogen-bond donors (Lipinski definition) is 4. The van der Waals surface area contributed by atoms with Crippen LogP contribution < -0.4 is 21.3 Å². The highest BCUT2D eigenvalue weighted by atomic mass is 16.6. The quantitative estimate of drug-likeness (QED) is 0.0514. The van der Waals surface area contributed by atoms with Gasteiger partial charge in [-0.3, -0.25) is 28.8 Å². The molecule has 0 aromatic rings. The molecule has 4 N–H and O–H groups in total. The Balaban J connectivity index is 1.29. The first kappa shape index (κ1) is 59.2. The predicted molar refractivity (Wildman–Crippen MR) is 272 cm³/mol. The zero-order valence-electron chi connectivity index (χ0n) is 46.4. The fourth-order valence-electron chi connectivity index (χ4n) is 12.8. The average molecular weight is 989 g/mol. The Morgan fingerprint density at radius 2 is 0.500 bits per heavy atom. The maximum Gasteiger partial charge on any atom is 0.325 e. The summed E-state index contributed by atoms with van der Waals surface area (Å²) < 4.78 is 23.8. The predicted octanol–water partition coefficient (Wildman–Crippen LogP) is 7.17. The molecule has 0 atom stereocenters. The lowest BCUT2D eigenvalue weighted by atomic mass is 9.81. The molecule has 4 fully saturated rings. The van der Waals surface area contributed by atoms with Gasteiger partial charge >= 0.3 is 23.9 Å². The maximum absolute atomic E-state index is 13.8. The summed E-state index contributed by atoms with van der Waals surface area (Å²) in [5.74, 6) is -2.81. The van der Waals surface area contributed by atoms with Gasteiger partial charge in [0.05, 0.1) is 0 Å². The molecule has 0 saturated carbocycles. The number of hydrogen-bond acceptors (Lipinski definition) is 14. The second kappa shape index (κ2) is 23.3. The average Bonchev–Trinajstić information content (AvgIpc) is 3.09. The molecule has 70 heavy (non-hydrogen) atoms. The van der Waals surface area contributed by atoms with E-state index in [1.165, 1.54) is 9.80 Å². The van der Waals surface area contributed by atoms with Crippen molar-refractivity contribution in [2.45, 2.75) is 282 Å². The first-order valence-corrected chi connectivity index (χ1v) is 26.4. The monoisotopic (exact) mass is 989 g/mol. The highest BCUT2D eigenvalue weighted by molar-refractivity contribution is 5.87. The van der Waals surface area contributed by atoms with E-state index < -0.39 is 23.9 Å². The normalized spacial score (nSPS) is 23.6. The van der Waals surface area contributed by atoms with E-state index in [9.17, 15) is 28.8 Å². The van der Waals surface area contributed by atoms with Crippen molar-refractivity contribution < 1.29 is 47.7 Å². The van der Waals surface area contributed by atoms with Crippen molar-refractivity contribution in [1.82, 2.24) is 31.1 Å². The van der Waals surface area contributed by atoms with Crippen LogP contribution in [-0.2, 0) is 47.7 Å². The lowest BCUT2D eigenvalue weighted by molar-refractivity contribution is -0.163. The molecule has 0 spiro atoms. The Labute approximate surface area is 421 Å². The molecule has 0 radical (unpaired) electrons. The molecule has 0 unspecified atom stereocenters. The molecule has 0 aromatic carbocycles. The number of amides is 2. The van der Waals surface area contributed by atoms with Crippen LogP contribution in [0.1, 0.15) is 214 Å². The molecule has 2 amide bonds. The molecule has 4 saturated heterocycles. The third-order valence-electron chi connectivity index (χ3n) is 13.8. The standard InChI is InChI=1S/C54H96N6O10/c1-47(2)25-37(26-48(3,4)55-47)67-43(63)33-59(34-44(64)68-38-27-49(5,6)56-50(7,8)28-38)41(61)23-21-19-17-18-20-22-24-42(62)60(35-45(65)69-39-29-51(9,10)57-52(11,12)30-39)36-46(66)70-40-31-53(13,14)58-54(15,16)32-40/h37-40,55-58H,17-36H2,1-16H3. The summed E-state index contributed by atoms with van der Waals surface area (Å²) in [7, 11) is 0. The van der Waals surface area contributed by atoms with Crippen molar-refractivity contribution in [2.24, 2.45) is 0 Å². The van der Waals surface area contributed by atoms with E-state index in [2.05, 4.69) is 132 Å². The fraction of sp³-hybridized carbons (Fsp3) is 0.889. The summed E-state index contributed by atoms with van der Waals surface area (Å²) in [5.41, 5.74) is -1.93. The van der Waals surface area contributed by atoms with E-state index >= 15 is 0 Å². The third kappa shape index (κ3) is 21.0. The van der Waals surface area contributed by atoms with Gasteiger partial charge in [-0.2, -0.15) is 0 Å². The molecule has 16 nitrogen and oxygen atoms in total. The van der Waals surface area contributed by atoms with Crippen LogP contribution in [0.3, 0.4) is 0 Å². The Hall–Kier alpha value is -3.34. The van der Waals surface area contributed by atoms with Gasteiger partial charge in [0.1, 0.15) is 50.6 Å². The Kier molecular flexibility index (Phi) is 19.7. The molecular weight excluding hydrogens is 893 g/mol. The van der Waals surface area contributed by atoms with Gasteiger partial charge in [-0.1, -0.05) is 25.7 Å². The Morgan fingerprint density at radius 1 is 0.329 bits per heavy atom. The highest BCUT2D eigenvalue weighted by Crippen LogP contribution is 2.34. The summed E-state index contributed by atoms with van der Waals surface area (Å²) in [6.45, 7) is 31.9. The van der Waals surface area contributed by atoms with Crippen molar-refractivity contribution in [3.8, 4) is 0 Å². The number of piperidine rings is 4. The Bertz CT molecular complexity index is 1540. The van der Waals surface area contributed by atoms with Crippen LogP contribution in [0.25, 0.3) is 0 Å². The number of nitrogens with zero attached hydrogens (tertiary/aromatic N) is 2. The van der Waals surface area contributed by atoms with E-state index in [1.54, 1.807) is 0 Å². The van der Waals surface area contributed by atoms with Gasteiger partial charge in [0, 0.05) is 109 Å². The molecule has 4 aliphatic heterocycles. The number of unbranched alkanes of at least 4 members (excludes halogenated alkanes) is 5. The second-order valence-electron chi connectivity index (χ2n) is 26.8. The van der Waals surface area contributed by atoms with E-state index in [1.807, 2.05) is 0 Å². The van der Waals surface area contributed by atoms with E-state index in [-0.39, 0.29) is 120 Å². The molecule has 0 bridgehead atoms. The second-order valence-corrected chi connectivity index (χ2v) is 26.8. The molecule has 402 valence electrons. The first-order valence-electron chi connectivity index (χ1n) is 26.4. The van der Waals surface area contributed by atoms with Crippen molar-refractivity contribution in [2.75, 3.05) is 26.2 Å². The molecule has 0 aromatic heterocycles. The summed E-state index contributed by atoms with van der Waals surface area (Å²) in [6.07, 6.45) is 8.19. The zero-order chi connectivity index (χ0) is 52.7. The van der Waals surface area contributed by atoms with E-state index in [4.69, 9.17) is 18.9 Å². The van der Waals surface area contributed by atoms with Gasteiger partial charge in [-0.25, -0.2) is 0 Å². The van der Waals surface area contributed by atoms with Crippen molar-refractivity contribution in [3.63, 3.8) is 0 Å². The molecule has 4 aliphatic rings. The van der Waals surface area contributed by atoms with Gasteiger partial charge in [0.25, 0.3) is 0 Å². The summed E-state index contributed by atoms with van der Waals surface area (Å²) in [4.78, 5) is 83.8. The zero-order valence-corrected chi connectivity index (χ0v) is 46.4. The SMILES string of the molecule is CC1(C)CC(OC(=O)CN(CC(=O)OC2CC(C)(C)NC(C)(C)C2)C(=O)CCCCCCCCC(=O)N(CC(=O)OC2CC(C)(C)NC(C)(C)C2)CC(=O)OC2CC(C)(C)NC(C)(C)C2)CC(C)(C)N1.